The lowest BCUT2D eigenvalue weighted by Gasteiger charge is -2.26. The number of nitrogens with zero attached hydrogens (tertiary/aromatic N) is 1. The highest BCUT2D eigenvalue weighted by Gasteiger charge is 2.52. The van der Waals surface area contributed by atoms with Crippen LogP contribution in [0.25, 0.3) is 0 Å². The zero-order valence-electron chi connectivity index (χ0n) is 7.39. The molecular formula is C8H11NO4. The summed E-state index contributed by atoms with van der Waals surface area (Å²) in [4.78, 5) is 9.70. The Morgan fingerprint density at radius 1 is 1.69 bits per heavy atom. The van der Waals surface area contributed by atoms with Crippen LogP contribution in [-0.4, -0.2) is 20.9 Å². The zero-order chi connectivity index (χ0) is 10.2. The Kier molecular flexibility index (Phi) is 2.13. The van der Waals surface area contributed by atoms with Gasteiger partial charge in [-0.2, -0.15) is 0 Å². The van der Waals surface area contributed by atoms with Crippen LogP contribution in [0, 0.1) is 16.0 Å². The topological polar surface area (TPSA) is 83.6 Å². The second-order valence-corrected chi connectivity index (χ2v) is 3.16. The molecule has 2 N–H and O–H groups in total. The average molecular weight is 185 g/mol. The third-order valence-corrected chi connectivity index (χ3v) is 2.27. The summed E-state index contributed by atoms with van der Waals surface area (Å²) in [6.45, 7) is 2.98. The van der Waals surface area contributed by atoms with Crippen LogP contribution in [-0.2, 0) is 0 Å². The van der Waals surface area contributed by atoms with Crippen molar-refractivity contribution in [3.8, 4) is 0 Å². The quantitative estimate of drug-likeness (QED) is 0.362. The molecule has 0 fully saturated rings. The van der Waals surface area contributed by atoms with Crippen LogP contribution in [0.4, 0.5) is 0 Å². The van der Waals surface area contributed by atoms with E-state index in [0.29, 0.717) is 5.57 Å². The number of allylic oxidation sites excluding steroid dienone is 2. The number of hydrogen-bond donors (Lipinski definition) is 2. The number of hydrogen-bond acceptors (Lipinski definition) is 4. The van der Waals surface area contributed by atoms with Gasteiger partial charge >= 0.3 is 5.72 Å². The maximum Gasteiger partial charge on any atom is 0.386 e. The molecule has 0 heterocycles. The third-order valence-electron chi connectivity index (χ3n) is 2.27. The summed E-state index contributed by atoms with van der Waals surface area (Å²) in [5.74, 6) is -1.31. The van der Waals surface area contributed by atoms with Gasteiger partial charge in [-0.05, 0) is 19.4 Å². The molecule has 0 aromatic heterocycles. The normalized spacial score (nSPS) is 33.6. The van der Waals surface area contributed by atoms with Crippen molar-refractivity contribution in [1.82, 2.24) is 0 Å². The Morgan fingerprint density at radius 2 is 2.23 bits per heavy atom. The van der Waals surface area contributed by atoms with E-state index in [2.05, 4.69) is 0 Å². The van der Waals surface area contributed by atoms with E-state index in [0.717, 1.165) is 0 Å². The Bertz CT molecular complexity index is 307. The molecule has 1 aliphatic carbocycles. The van der Waals surface area contributed by atoms with Gasteiger partial charge in [0.25, 0.3) is 0 Å². The molecule has 0 aromatic rings. The second kappa shape index (κ2) is 2.85. The summed E-state index contributed by atoms with van der Waals surface area (Å²) in [6, 6.07) is 0. The SMILES string of the molecule is CC1=C(O)C(O)([N+](=O)[O-])C(C)C=C1. The van der Waals surface area contributed by atoms with Gasteiger partial charge in [0.05, 0.1) is 10.8 Å². The molecule has 0 spiro atoms. The molecule has 2 unspecified atom stereocenters. The van der Waals surface area contributed by atoms with Crippen molar-refractivity contribution in [3.05, 3.63) is 33.6 Å². The van der Waals surface area contributed by atoms with E-state index in [4.69, 9.17) is 0 Å². The predicted molar refractivity (Wildman–Crippen MR) is 45.6 cm³/mol. The minimum Gasteiger partial charge on any atom is -0.503 e. The van der Waals surface area contributed by atoms with Crippen molar-refractivity contribution in [2.24, 2.45) is 5.92 Å². The predicted octanol–water partition coefficient (Wildman–Crippen LogP) is 0.990. The highest BCUT2D eigenvalue weighted by Crippen LogP contribution is 2.32. The summed E-state index contributed by atoms with van der Waals surface area (Å²) in [7, 11) is 0. The molecule has 0 saturated heterocycles. The number of nitro groups is 1. The lowest BCUT2D eigenvalue weighted by Crippen LogP contribution is -2.47. The highest BCUT2D eigenvalue weighted by atomic mass is 16.7. The van der Waals surface area contributed by atoms with Gasteiger partial charge in [-0.15, -0.1) is 0 Å². The summed E-state index contributed by atoms with van der Waals surface area (Å²) in [5.41, 5.74) is -2.05. The van der Waals surface area contributed by atoms with Gasteiger partial charge < -0.3 is 10.2 Å². The fourth-order valence-electron chi connectivity index (χ4n) is 1.26. The summed E-state index contributed by atoms with van der Waals surface area (Å²) in [6.07, 6.45) is 3.05. The van der Waals surface area contributed by atoms with E-state index < -0.39 is 22.3 Å². The molecule has 0 saturated carbocycles. The van der Waals surface area contributed by atoms with Crippen molar-refractivity contribution in [2.75, 3.05) is 0 Å². The summed E-state index contributed by atoms with van der Waals surface area (Å²) in [5, 5.41) is 29.5. The van der Waals surface area contributed by atoms with Gasteiger partial charge in [0.2, 0.25) is 5.76 Å². The van der Waals surface area contributed by atoms with E-state index in [1.165, 1.54) is 19.9 Å². The minimum atomic E-state index is -2.36. The number of rotatable bonds is 1. The van der Waals surface area contributed by atoms with Gasteiger partial charge in [-0.3, -0.25) is 10.1 Å². The van der Waals surface area contributed by atoms with Gasteiger partial charge in [0.15, 0.2) is 0 Å². The number of aliphatic hydroxyl groups is 2. The van der Waals surface area contributed by atoms with Crippen LogP contribution in [0.15, 0.2) is 23.5 Å². The maximum atomic E-state index is 10.6. The van der Waals surface area contributed by atoms with Crippen molar-refractivity contribution < 1.29 is 15.1 Å². The van der Waals surface area contributed by atoms with E-state index in [1.807, 2.05) is 0 Å². The van der Waals surface area contributed by atoms with Crippen molar-refractivity contribution in [2.45, 2.75) is 19.6 Å². The van der Waals surface area contributed by atoms with Crippen LogP contribution >= 0.6 is 0 Å². The van der Waals surface area contributed by atoms with Crippen molar-refractivity contribution in [1.29, 1.82) is 0 Å². The molecule has 72 valence electrons. The van der Waals surface area contributed by atoms with Crippen molar-refractivity contribution >= 4 is 0 Å². The van der Waals surface area contributed by atoms with Crippen LogP contribution < -0.4 is 0 Å². The molecule has 0 aliphatic heterocycles. The molecule has 0 bridgehead atoms. The molecular weight excluding hydrogens is 174 g/mol. The average Bonchev–Trinajstić information content (AvgIpc) is 2.08. The standard InChI is InChI=1S/C8H11NO4/c1-5-3-4-6(2)8(11,7(5)10)9(12)13/h3-4,6,10-11H,1-2H3. The van der Waals surface area contributed by atoms with Gasteiger partial charge in [0.1, 0.15) is 0 Å². The molecule has 0 amide bonds. The Hall–Kier alpha value is -1.36. The first-order valence-corrected chi connectivity index (χ1v) is 3.86. The Morgan fingerprint density at radius 3 is 2.62 bits per heavy atom. The van der Waals surface area contributed by atoms with E-state index in [1.54, 1.807) is 6.08 Å². The molecule has 1 rings (SSSR count). The van der Waals surface area contributed by atoms with E-state index in [9.17, 15) is 20.3 Å². The molecule has 2 atom stereocenters. The Labute approximate surface area is 75.2 Å². The van der Waals surface area contributed by atoms with Gasteiger partial charge in [-0.25, -0.2) is 0 Å². The van der Waals surface area contributed by atoms with Crippen LogP contribution in [0.2, 0.25) is 0 Å². The minimum absolute atomic E-state index is 0.317. The lowest BCUT2D eigenvalue weighted by molar-refractivity contribution is -0.625. The van der Waals surface area contributed by atoms with Gasteiger partial charge in [-0.1, -0.05) is 12.2 Å². The monoisotopic (exact) mass is 185 g/mol. The summed E-state index contributed by atoms with van der Waals surface area (Å²) < 4.78 is 0. The maximum absolute atomic E-state index is 10.6. The Balaban J connectivity index is 3.24. The van der Waals surface area contributed by atoms with Crippen molar-refractivity contribution in [3.63, 3.8) is 0 Å². The van der Waals surface area contributed by atoms with Crippen LogP contribution in [0.3, 0.4) is 0 Å². The molecule has 1 aliphatic rings. The highest BCUT2D eigenvalue weighted by molar-refractivity contribution is 5.30. The molecule has 0 radical (unpaired) electrons. The molecule has 5 nitrogen and oxygen atoms in total. The largest absolute Gasteiger partial charge is 0.503 e. The summed E-state index contributed by atoms with van der Waals surface area (Å²) >= 11 is 0. The first-order valence-electron chi connectivity index (χ1n) is 3.86. The first kappa shape index (κ1) is 9.73. The first-order chi connectivity index (χ1) is 5.90. The molecule has 13 heavy (non-hydrogen) atoms. The fraction of sp³-hybridized carbons (Fsp3) is 0.500. The van der Waals surface area contributed by atoms with Crippen LogP contribution in [0.5, 0.6) is 0 Å². The third kappa shape index (κ3) is 1.21. The fourth-order valence-corrected chi connectivity index (χ4v) is 1.26. The smallest absolute Gasteiger partial charge is 0.386 e. The lowest BCUT2D eigenvalue weighted by atomic mass is 9.88. The van der Waals surface area contributed by atoms with E-state index in [-0.39, 0.29) is 0 Å². The van der Waals surface area contributed by atoms with Gasteiger partial charge in [0, 0.05) is 0 Å². The van der Waals surface area contributed by atoms with Crippen LogP contribution in [0.1, 0.15) is 13.8 Å². The molecule has 5 heteroatoms. The zero-order valence-corrected chi connectivity index (χ0v) is 7.39. The second-order valence-electron chi connectivity index (χ2n) is 3.16. The number of aliphatic hydroxyl groups excluding tert-OH is 1. The molecule has 0 aromatic carbocycles. The van der Waals surface area contributed by atoms with E-state index >= 15 is 0 Å².